The highest BCUT2D eigenvalue weighted by Gasteiger charge is 2.56. The lowest BCUT2D eigenvalue weighted by molar-refractivity contribution is -0.248. The van der Waals surface area contributed by atoms with Crippen LogP contribution in [0.1, 0.15) is 16.6 Å². The fourth-order valence-electron chi connectivity index (χ4n) is 3.08. The van der Waals surface area contributed by atoms with E-state index in [0.717, 1.165) is 4.57 Å². The zero-order valence-electron chi connectivity index (χ0n) is 15.4. The van der Waals surface area contributed by atoms with E-state index in [1.807, 2.05) is 0 Å². The number of esters is 1. The molecule has 0 bridgehead atoms. The Kier molecular flexibility index (Phi) is 5.75. The van der Waals surface area contributed by atoms with Crippen molar-refractivity contribution in [3.8, 4) is 0 Å². The molecule has 1 aliphatic heterocycles. The Hall–Kier alpha value is -2.79. The molecule has 1 saturated heterocycles. The molecule has 150 valence electrons. The maximum Gasteiger partial charge on any atom is 0.338 e. The summed E-state index contributed by atoms with van der Waals surface area (Å²) in [5.41, 5.74) is 5.37. The molecule has 3 rings (SSSR count). The maximum absolute atomic E-state index is 12.3. The summed E-state index contributed by atoms with van der Waals surface area (Å²) in [6.45, 7) is -0.327. The summed E-state index contributed by atoms with van der Waals surface area (Å²) in [6, 6.07) is 8.69. The molecular formula is C18H21N3O7. The molecule has 0 saturated carbocycles. The number of H-pyrrole nitrogens is 1. The molecule has 1 aromatic carbocycles. The zero-order valence-corrected chi connectivity index (χ0v) is 15.4. The summed E-state index contributed by atoms with van der Waals surface area (Å²) >= 11 is 0. The van der Waals surface area contributed by atoms with Crippen LogP contribution in [0.15, 0.2) is 52.2 Å². The fourth-order valence-corrected chi connectivity index (χ4v) is 3.08. The van der Waals surface area contributed by atoms with Crippen molar-refractivity contribution in [2.45, 2.75) is 24.2 Å². The van der Waals surface area contributed by atoms with Gasteiger partial charge in [0.2, 0.25) is 5.79 Å². The number of methoxy groups -OCH3 is 2. The summed E-state index contributed by atoms with van der Waals surface area (Å²) in [7, 11) is 2.75. The van der Waals surface area contributed by atoms with Gasteiger partial charge in [-0.1, -0.05) is 18.2 Å². The Labute approximate surface area is 159 Å². The second-order valence-corrected chi connectivity index (χ2v) is 6.21. The van der Waals surface area contributed by atoms with Crippen LogP contribution in [0.3, 0.4) is 0 Å². The third kappa shape index (κ3) is 3.62. The molecule has 10 heteroatoms. The molecule has 0 spiro atoms. The van der Waals surface area contributed by atoms with Gasteiger partial charge in [0.05, 0.1) is 11.6 Å². The lowest BCUT2D eigenvalue weighted by Crippen LogP contribution is -2.54. The SMILES string of the molecule is CO[C@H]1[C@H](n2ccc(=O)[nH]c2=O)O[C@@](COC(=O)c2ccccc2)(OC)[C@H]1N. The topological polar surface area (TPSA) is 135 Å². The number of rotatable bonds is 6. The molecule has 3 N–H and O–H groups in total. The smallest absolute Gasteiger partial charge is 0.338 e. The minimum Gasteiger partial charge on any atom is -0.456 e. The molecule has 4 atom stereocenters. The first-order valence-electron chi connectivity index (χ1n) is 8.47. The minimum absolute atomic E-state index is 0.327. The van der Waals surface area contributed by atoms with Crippen LogP contribution >= 0.6 is 0 Å². The summed E-state index contributed by atoms with van der Waals surface area (Å²) < 4.78 is 23.2. The van der Waals surface area contributed by atoms with Crippen molar-refractivity contribution < 1.29 is 23.7 Å². The predicted octanol–water partition coefficient (Wildman–Crippen LogP) is -0.393. The standard InChI is InChI=1S/C18H21N3O7/c1-25-13-14(19)18(26-2,10-27-16(23)11-6-4-3-5-7-11)28-15(13)21-9-8-12(22)20-17(21)24/h3-9,13-15H,10,19H2,1-2H3,(H,20,22,24)/t13-,14+,15-,18-/m1/s1. The second kappa shape index (κ2) is 8.07. The molecule has 1 aliphatic rings. The number of ether oxygens (including phenoxy) is 4. The average molecular weight is 391 g/mol. The van der Waals surface area contributed by atoms with E-state index in [-0.39, 0.29) is 6.61 Å². The molecular weight excluding hydrogens is 370 g/mol. The molecule has 0 amide bonds. The maximum atomic E-state index is 12.3. The molecule has 2 aromatic rings. The zero-order chi connectivity index (χ0) is 20.3. The molecule has 0 unspecified atom stereocenters. The average Bonchev–Trinajstić information content (AvgIpc) is 2.98. The number of carbonyl (C=O) groups excluding carboxylic acids is 1. The first-order valence-corrected chi connectivity index (χ1v) is 8.47. The van der Waals surface area contributed by atoms with Crippen LogP contribution in [0.2, 0.25) is 0 Å². The van der Waals surface area contributed by atoms with Crippen LogP contribution in [0, 0.1) is 0 Å². The number of benzene rings is 1. The minimum atomic E-state index is -1.55. The van der Waals surface area contributed by atoms with E-state index in [9.17, 15) is 14.4 Å². The van der Waals surface area contributed by atoms with Crippen molar-refractivity contribution in [3.05, 3.63) is 69.0 Å². The van der Waals surface area contributed by atoms with Gasteiger partial charge in [0.1, 0.15) is 12.7 Å². The van der Waals surface area contributed by atoms with Gasteiger partial charge in [-0.25, -0.2) is 9.59 Å². The van der Waals surface area contributed by atoms with Crippen LogP contribution in [0.25, 0.3) is 0 Å². The second-order valence-electron chi connectivity index (χ2n) is 6.21. The normalized spacial score (nSPS) is 26.9. The summed E-state index contributed by atoms with van der Waals surface area (Å²) in [6.07, 6.45) is -0.537. The van der Waals surface area contributed by atoms with Gasteiger partial charge >= 0.3 is 11.7 Å². The van der Waals surface area contributed by atoms with E-state index in [4.69, 9.17) is 24.7 Å². The van der Waals surface area contributed by atoms with E-state index >= 15 is 0 Å². The first-order chi connectivity index (χ1) is 13.4. The van der Waals surface area contributed by atoms with Crippen LogP contribution in [-0.4, -0.2) is 54.3 Å². The van der Waals surface area contributed by atoms with E-state index in [1.165, 1.54) is 26.5 Å². The number of hydrogen-bond acceptors (Lipinski definition) is 8. The lowest BCUT2D eigenvalue weighted by Gasteiger charge is -2.30. The van der Waals surface area contributed by atoms with Gasteiger partial charge in [-0.2, -0.15) is 0 Å². The van der Waals surface area contributed by atoms with Gasteiger partial charge in [0.25, 0.3) is 5.56 Å². The molecule has 28 heavy (non-hydrogen) atoms. The number of carbonyl (C=O) groups is 1. The molecule has 1 fully saturated rings. The largest absolute Gasteiger partial charge is 0.456 e. The van der Waals surface area contributed by atoms with Crippen LogP contribution < -0.4 is 17.0 Å². The van der Waals surface area contributed by atoms with Gasteiger partial charge in [-0.05, 0) is 12.1 Å². The Bertz CT molecular complexity index is 942. The summed E-state index contributed by atoms with van der Waals surface area (Å²) in [4.78, 5) is 37.9. The van der Waals surface area contributed by atoms with Crippen molar-refractivity contribution in [2.75, 3.05) is 20.8 Å². The van der Waals surface area contributed by atoms with Gasteiger partial charge in [0, 0.05) is 26.5 Å². The number of hydrogen-bond donors (Lipinski definition) is 2. The highest BCUT2D eigenvalue weighted by molar-refractivity contribution is 5.89. The number of nitrogens with zero attached hydrogens (tertiary/aromatic N) is 1. The predicted molar refractivity (Wildman–Crippen MR) is 96.7 cm³/mol. The van der Waals surface area contributed by atoms with Gasteiger partial charge < -0.3 is 24.7 Å². The number of nitrogens with one attached hydrogen (secondary N) is 1. The highest BCUT2D eigenvalue weighted by atomic mass is 16.7. The Morgan fingerprint density at radius 3 is 2.57 bits per heavy atom. The van der Waals surface area contributed by atoms with Crippen molar-refractivity contribution >= 4 is 5.97 Å². The lowest BCUT2D eigenvalue weighted by atomic mass is 10.1. The Morgan fingerprint density at radius 2 is 1.96 bits per heavy atom. The monoisotopic (exact) mass is 391 g/mol. The quantitative estimate of drug-likeness (QED) is 0.636. The molecule has 0 aliphatic carbocycles. The molecule has 1 aromatic heterocycles. The van der Waals surface area contributed by atoms with E-state index in [0.29, 0.717) is 5.56 Å². The van der Waals surface area contributed by atoms with E-state index in [2.05, 4.69) is 4.98 Å². The Balaban J connectivity index is 1.85. The summed E-state index contributed by atoms with van der Waals surface area (Å²) in [5, 5.41) is 0. The fraction of sp³-hybridized carbons (Fsp3) is 0.389. The molecule has 2 heterocycles. The van der Waals surface area contributed by atoms with Crippen LogP contribution in [0.4, 0.5) is 0 Å². The van der Waals surface area contributed by atoms with Gasteiger partial charge in [-0.15, -0.1) is 0 Å². The highest BCUT2D eigenvalue weighted by Crippen LogP contribution is 2.37. The molecule has 0 radical (unpaired) electrons. The van der Waals surface area contributed by atoms with Crippen LogP contribution in [-0.2, 0) is 18.9 Å². The van der Waals surface area contributed by atoms with Crippen LogP contribution in [0.5, 0.6) is 0 Å². The summed E-state index contributed by atoms with van der Waals surface area (Å²) in [5.74, 6) is -2.13. The van der Waals surface area contributed by atoms with Crippen molar-refractivity contribution in [2.24, 2.45) is 5.73 Å². The van der Waals surface area contributed by atoms with Gasteiger partial charge in [-0.3, -0.25) is 14.3 Å². The van der Waals surface area contributed by atoms with Crippen molar-refractivity contribution in [1.82, 2.24) is 9.55 Å². The third-order valence-corrected chi connectivity index (χ3v) is 4.62. The third-order valence-electron chi connectivity index (χ3n) is 4.62. The van der Waals surface area contributed by atoms with Gasteiger partial charge in [0.15, 0.2) is 6.23 Å². The first kappa shape index (κ1) is 20.0. The van der Waals surface area contributed by atoms with E-state index in [1.54, 1.807) is 30.3 Å². The number of nitrogens with two attached hydrogens (primary N) is 1. The van der Waals surface area contributed by atoms with Crippen molar-refractivity contribution in [1.29, 1.82) is 0 Å². The van der Waals surface area contributed by atoms with Crippen molar-refractivity contribution in [3.63, 3.8) is 0 Å². The Morgan fingerprint density at radius 1 is 1.25 bits per heavy atom. The number of aromatic amines is 1. The molecule has 10 nitrogen and oxygen atoms in total. The van der Waals surface area contributed by atoms with E-state index < -0.39 is 41.4 Å². The number of aromatic nitrogens is 2.